The van der Waals surface area contributed by atoms with Crippen molar-refractivity contribution in [3.05, 3.63) is 151 Å². The molecule has 250 valence electrons. The summed E-state index contributed by atoms with van der Waals surface area (Å²) in [7, 11) is 0. The average molecular weight is 664 g/mol. The van der Waals surface area contributed by atoms with Crippen molar-refractivity contribution in [2.75, 3.05) is 0 Å². The second kappa shape index (κ2) is 12.4. The van der Waals surface area contributed by atoms with Gasteiger partial charge in [-0.15, -0.1) is 0 Å². The first-order valence-electron chi connectivity index (χ1n) is 17.6. The van der Waals surface area contributed by atoms with E-state index in [0.29, 0.717) is 17.5 Å². The van der Waals surface area contributed by atoms with E-state index in [1.807, 2.05) is 72.9 Å². The van der Waals surface area contributed by atoms with E-state index >= 15 is 0 Å². The maximum absolute atomic E-state index is 5.16. The lowest BCUT2D eigenvalue weighted by Gasteiger charge is -2.19. The maximum Gasteiger partial charge on any atom is 0.164 e. The second-order valence-corrected chi connectivity index (χ2v) is 15.3. The van der Waals surface area contributed by atoms with Crippen molar-refractivity contribution in [1.29, 1.82) is 0 Å². The summed E-state index contributed by atoms with van der Waals surface area (Å²) < 4.78 is 2.39. The molecule has 5 heteroatoms. The molecule has 0 aliphatic heterocycles. The molecule has 0 aliphatic rings. The van der Waals surface area contributed by atoms with E-state index < -0.39 is 0 Å². The van der Waals surface area contributed by atoms with Gasteiger partial charge in [-0.3, -0.25) is 4.98 Å². The molecule has 0 bridgehead atoms. The molecular weight excluding hydrogens is 623 g/mol. The lowest BCUT2D eigenvalue weighted by molar-refractivity contribution is 0.590. The molecule has 0 N–H and O–H groups in total. The lowest BCUT2D eigenvalue weighted by atomic mass is 9.85. The van der Waals surface area contributed by atoms with E-state index in [1.165, 1.54) is 21.9 Å². The van der Waals surface area contributed by atoms with Gasteiger partial charge in [0.2, 0.25) is 0 Å². The fraction of sp³-hybridized carbons (Fsp3) is 0.174. The summed E-state index contributed by atoms with van der Waals surface area (Å²) in [5.74, 6) is 1.86. The molecule has 0 unspecified atom stereocenters. The minimum atomic E-state index is 0.0222. The van der Waals surface area contributed by atoms with Gasteiger partial charge in [0, 0.05) is 51.1 Å². The van der Waals surface area contributed by atoms with Gasteiger partial charge in [-0.1, -0.05) is 126 Å². The Morgan fingerprint density at radius 2 is 0.961 bits per heavy atom. The molecular formula is C46H41N5. The van der Waals surface area contributed by atoms with Gasteiger partial charge >= 0.3 is 0 Å². The highest BCUT2D eigenvalue weighted by Gasteiger charge is 2.22. The highest BCUT2D eigenvalue weighted by molar-refractivity contribution is 6.10. The molecule has 8 rings (SSSR count). The SMILES string of the molecule is CC(C)(C)c1ccc2c(c1)c1cc(C(C)(C)C)ccc1n2-c1ccc(-c2cccnc2)c(-c2nc(-c3ccccc3)nc(-c3ccccc3)n2)c1. The summed E-state index contributed by atoms with van der Waals surface area (Å²) in [6, 6.07) is 44.8. The zero-order valence-electron chi connectivity index (χ0n) is 30.0. The van der Waals surface area contributed by atoms with E-state index in [0.717, 1.165) is 44.5 Å². The summed E-state index contributed by atoms with van der Waals surface area (Å²) in [5, 5.41) is 2.50. The Balaban J connectivity index is 1.42. The lowest BCUT2D eigenvalue weighted by Crippen LogP contribution is -2.10. The van der Waals surface area contributed by atoms with Crippen LogP contribution in [0.2, 0.25) is 0 Å². The monoisotopic (exact) mass is 663 g/mol. The van der Waals surface area contributed by atoms with Gasteiger partial charge in [-0.2, -0.15) is 0 Å². The van der Waals surface area contributed by atoms with Gasteiger partial charge in [0.25, 0.3) is 0 Å². The summed E-state index contributed by atoms with van der Waals surface area (Å²) in [4.78, 5) is 19.8. The van der Waals surface area contributed by atoms with Crippen LogP contribution in [-0.2, 0) is 10.8 Å². The molecule has 5 nitrogen and oxygen atoms in total. The van der Waals surface area contributed by atoms with Crippen molar-refractivity contribution in [1.82, 2.24) is 24.5 Å². The molecule has 3 heterocycles. The number of hydrogen-bond donors (Lipinski definition) is 0. The molecule has 0 amide bonds. The van der Waals surface area contributed by atoms with Crippen LogP contribution < -0.4 is 0 Å². The Morgan fingerprint density at radius 3 is 1.45 bits per heavy atom. The van der Waals surface area contributed by atoms with Gasteiger partial charge in [0.05, 0.1) is 11.0 Å². The minimum absolute atomic E-state index is 0.0222. The maximum atomic E-state index is 5.16. The quantitative estimate of drug-likeness (QED) is 0.184. The van der Waals surface area contributed by atoms with Gasteiger partial charge in [0.1, 0.15) is 0 Å². The van der Waals surface area contributed by atoms with E-state index in [4.69, 9.17) is 15.0 Å². The van der Waals surface area contributed by atoms with Gasteiger partial charge in [-0.05, 0) is 70.0 Å². The van der Waals surface area contributed by atoms with Crippen LogP contribution in [0, 0.1) is 0 Å². The average Bonchev–Trinajstić information content (AvgIpc) is 3.48. The standard InChI is InChI=1S/C46H41N5/c1-45(2,3)33-19-23-40-37(26-33)38-27-34(46(4,5)6)20-24-41(38)51(40)35-21-22-36(32-18-13-25-47-29-32)39(28-35)44-49-42(30-14-9-7-10-15-30)48-43(50-44)31-16-11-8-12-17-31/h7-29H,1-6H3. The molecule has 0 atom stereocenters. The fourth-order valence-corrected chi connectivity index (χ4v) is 6.79. The van der Waals surface area contributed by atoms with Crippen LogP contribution in [0.25, 0.3) is 72.8 Å². The fourth-order valence-electron chi connectivity index (χ4n) is 6.79. The molecule has 0 aliphatic carbocycles. The third-order valence-corrected chi connectivity index (χ3v) is 9.67. The molecule has 0 saturated carbocycles. The van der Waals surface area contributed by atoms with E-state index in [1.54, 1.807) is 6.20 Å². The molecule has 0 saturated heterocycles. The Morgan fingerprint density at radius 1 is 0.451 bits per heavy atom. The Hall–Kier alpha value is -5.94. The zero-order chi connectivity index (χ0) is 35.3. The summed E-state index contributed by atoms with van der Waals surface area (Å²) >= 11 is 0. The van der Waals surface area contributed by atoms with Gasteiger partial charge in [0.15, 0.2) is 17.5 Å². The largest absolute Gasteiger partial charge is 0.309 e. The van der Waals surface area contributed by atoms with Crippen LogP contribution >= 0.6 is 0 Å². The van der Waals surface area contributed by atoms with Crippen molar-refractivity contribution >= 4 is 21.8 Å². The topological polar surface area (TPSA) is 56.5 Å². The molecule has 3 aromatic heterocycles. The highest BCUT2D eigenvalue weighted by Crippen LogP contribution is 2.40. The van der Waals surface area contributed by atoms with Crippen molar-refractivity contribution < 1.29 is 0 Å². The van der Waals surface area contributed by atoms with Crippen LogP contribution in [0.4, 0.5) is 0 Å². The molecule has 8 aromatic rings. The van der Waals surface area contributed by atoms with Crippen LogP contribution in [0.5, 0.6) is 0 Å². The molecule has 0 radical (unpaired) electrons. The first kappa shape index (κ1) is 32.3. The normalized spacial score (nSPS) is 12.1. The number of hydrogen-bond acceptors (Lipinski definition) is 4. The molecule has 51 heavy (non-hydrogen) atoms. The highest BCUT2D eigenvalue weighted by atomic mass is 15.0. The summed E-state index contributed by atoms with van der Waals surface area (Å²) in [6.45, 7) is 13.7. The molecule has 0 spiro atoms. The Bertz CT molecular complexity index is 2390. The number of pyridine rings is 1. The van der Waals surface area contributed by atoms with Gasteiger partial charge in [-0.25, -0.2) is 15.0 Å². The van der Waals surface area contributed by atoms with Crippen molar-refractivity contribution in [2.24, 2.45) is 0 Å². The van der Waals surface area contributed by atoms with Crippen LogP contribution in [0.1, 0.15) is 52.7 Å². The number of aromatic nitrogens is 5. The van der Waals surface area contributed by atoms with Crippen molar-refractivity contribution in [3.8, 4) is 51.0 Å². The summed E-state index contributed by atoms with van der Waals surface area (Å²) in [5.41, 5.74) is 10.8. The van der Waals surface area contributed by atoms with E-state index in [9.17, 15) is 0 Å². The van der Waals surface area contributed by atoms with Crippen molar-refractivity contribution in [2.45, 2.75) is 52.4 Å². The van der Waals surface area contributed by atoms with Crippen LogP contribution in [-0.4, -0.2) is 24.5 Å². The minimum Gasteiger partial charge on any atom is -0.309 e. The van der Waals surface area contributed by atoms with E-state index in [-0.39, 0.29) is 10.8 Å². The first-order chi connectivity index (χ1) is 24.5. The van der Waals surface area contributed by atoms with Gasteiger partial charge < -0.3 is 4.57 Å². The number of nitrogens with zero attached hydrogens (tertiary/aromatic N) is 5. The first-order valence-corrected chi connectivity index (χ1v) is 17.6. The Kier molecular flexibility index (Phi) is 7.87. The summed E-state index contributed by atoms with van der Waals surface area (Å²) in [6.07, 6.45) is 3.70. The second-order valence-electron chi connectivity index (χ2n) is 15.3. The molecule has 5 aromatic carbocycles. The third-order valence-electron chi connectivity index (χ3n) is 9.67. The van der Waals surface area contributed by atoms with Crippen LogP contribution in [0.15, 0.2) is 140 Å². The van der Waals surface area contributed by atoms with Crippen molar-refractivity contribution in [3.63, 3.8) is 0 Å². The predicted molar refractivity (Wildman–Crippen MR) is 211 cm³/mol. The smallest absolute Gasteiger partial charge is 0.164 e. The predicted octanol–water partition coefficient (Wildman–Crippen LogP) is 11.6. The van der Waals surface area contributed by atoms with E-state index in [2.05, 4.69) is 112 Å². The number of benzene rings is 5. The molecule has 0 fully saturated rings. The third kappa shape index (κ3) is 6.10. The van der Waals surface area contributed by atoms with Crippen LogP contribution in [0.3, 0.4) is 0 Å². The number of fused-ring (bicyclic) bond motifs is 3. The number of rotatable bonds is 5. The Labute approximate surface area is 299 Å². The zero-order valence-corrected chi connectivity index (χ0v) is 30.0.